The molecule has 0 saturated heterocycles. The summed E-state index contributed by atoms with van der Waals surface area (Å²) in [6.07, 6.45) is 8.28. The third-order valence-corrected chi connectivity index (χ3v) is 4.83. The molecular formula is C14H22OS. The summed E-state index contributed by atoms with van der Waals surface area (Å²) < 4.78 is 0. The summed E-state index contributed by atoms with van der Waals surface area (Å²) >= 11 is 1.86. The Hall–Kier alpha value is -0.340. The zero-order valence-electron chi connectivity index (χ0n) is 10.1. The van der Waals surface area contributed by atoms with Crippen molar-refractivity contribution >= 4 is 11.3 Å². The second-order valence-electron chi connectivity index (χ2n) is 4.97. The molecule has 1 saturated carbocycles. The van der Waals surface area contributed by atoms with Crippen molar-refractivity contribution in [2.75, 3.05) is 0 Å². The van der Waals surface area contributed by atoms with Crippen LogP contribution in [-0.4, -0.2) is 11.2 Å². The van der Waals surface area contributed by atoms with Crippen molar-refractivity contribution in [1.82, 2.24) is 0 Å². The molecule has 0 spiro atoms. The Morgan fingerprint density at radius 2 is 2.00 bits per heavy atom. The highest BCUT2D eigenvalue weighted by molar-refractivity contribution is 7.11. The maximum Gasteiger partial charge on any atom is 0.0591 e. The molecule has 0 radical (unpaired) electrons. The minimum atomic E-state index is -0.119. The predicted octanol–water partition coefficient (Wildman–Crippen LogP) is 3.79. The fraction of sp³-hybridized carbons (Fsp3) is 0.714. The number of aliphatic hydroxyl groups is 1. The van der Waals surface area contributed by atoms with E-state index in [0.717, 1.165) is 25.2 Å². The van der Waals surface area contributed by atoms with Crippen molar-refractivity contribution in [1.29, 1.82) is 0 Å². The molecule has 1 aliphatic rings. The molecule has 0 aromatic carbocycles. The first kappa shape index (κ1) is 12.1. The summed E-state index contributed by atoms with van der Waals surface area (Å²) in [5.41, 5.74) is 0. The van der Waals surface area contributed by atoms with Crippen molar-refractivity contribution < 1.29 is 5.11 Å². The first-order valence-electron chi connectivity index (χ1n) is 6.53. The lowest BCUT2D eigenvalue weighted by atomic mass is 9.98. The zero-order valence-corrected chi connectivity index (χ0v) is 10.9. The Morgan fingerprint density at radius 3 is 2.62 bits per heavy atom. The van der Waals surface area contributed by atoms with E-state index in [1.165, 1.54) is 35.4 Å². The zero-order chi connectivity index (χ0) is 11.4. The van der Waals surface area contributed by atoms with E-state index in [0.29, 0.717) is 0 Å². The molecule has 90 valence electrons. The lowest BCUT2D eigenvalue weighted by molar-refractivity contribution is 0.144. The predicted molar refractivity (Wildman–Crippen MR) is 70.0 cm³/mol. The van der Waals surface area contributed by atoms with Gasteiger partial charge in [0.15, 0.2) is 0 Å². The van der Waals surface area contributed by atoms with Crippen molar-refractivity contribution in [3.63, 3.8) is 0 Å². The molecule has 1 aliphatic carbocycles. The van der Waals surface area contributed by atoms with Gasteiger partial charge < -0.3 is 5.11 Å². The highest BCUT2D eigenvalue weighted by Gasteiger charge is 2.19. The van der Waals surface area contributed by atoms with Gasteiger partial charge in [0.25, 0.3) is 0 Å². The lowest BCUT2D eigenvalue weighted by Gasteiger charge is -2.14. The number of hydrogen-bond acceptors (Lipinski definition) is 2. The largest absolute Gasteiger partial charge is 0.393 e. The number of thiophene rings is 1. The summed E-state index contributed by atoms with van der Waals surface area (Å²) in [5.74, 6) is 0.792. The SMILES string of the molecule is CCc1ccc(CC(O)CC2CCCC2)s1. The monoisotopic (exact) mass is 238 g/mol. The van der Waals surface area contributed by atoms with Crippen LogP contribution in [0.15, 0.2) is 12.1 Å². The summed E-state index contributed by atoms with van der Waals surface area (Å²) in [6.45, 7) is 2.19. The van der Waals surface area contributed by atoms with Crippen molar-refractivity contribution in [2.45, 2.75) is 58.0 Å². The molecular weight excluding hydrogens is 216 g/mol. The first-order chi connectivity index (χ1) is 7.78. The van der Waals surface area contributed by atoms with Crippen molar-refractivity contribution in [3.8, 4) is 0 Å². The summed E-state index contributed by atoms with van der Waals surface area (Å²) in [6, 6.07) is 4.38. The standard InChI is InChI=1S/C14H22OS/c1-2-13-7-8-14(16-13)10-12(15)9-11-5-3-4-6-11/h7-8,11-12,15H,2-6,9-10H2,1H3. The van der Waals surface area contributed by atoms with E-state index >= 15 is 0 Å². The number of rotatable bonds is 5. The Kier molecular flexibility index (Phi) is 4.42. The normalized spacial score (nSPS) is 19.1. The van der Waals surface area contributed by atoms with Crippen LogP contribution in [0.25, 0.3) is 0 Å². The maximum atomic E-state index is 10.1. The third kappa shape index (κ3) is 3.33. The second-order valence-corrected chi connectivity index (χ2v) is 6.22. The van der Waals surface area contributed by atoms with E-state index in [1.807, 2.05) is 11.3 Å². The van der Waals surface area contributed by atoms with Crippen molar-refractivity contribution in [3.05, 3.63) is 21.9 Å². The number of aliphatic hydroxyl groups excluding tert-OH is 1. The molecule has 2 rings (SSSR count). The quantitative estimate of drug-likeness (QED) is 0.827. The van der Waals surface area contributed by atoms with Crippen LogP contribution < -0.4 is 0 Å². The van der Waals surface area contributed by atoms with Crippen LogP contribution in [0.5, 0.6) is 0 Å². The van der Waals surface area contributed by atoms with Gasteiger partial charge in [-0.25, -0.2) is 0 Å². The molecule has 0 amide bonds. The van der Waals surface area contributed by atoms with Crippen LogP contribution in [0.2, 0.25) is 0 Å². The minimum absolute atomic E-state index is 0.119. The van der Waals surface area contributed by atoms with E-state index in [9.17, 15) is 5.11 Å². The van der Waals surface area contributed by atoms with Crippen LogP contribution in [0.1, 0.15) is 48.8 Å². The van der Waals surface area contributed by atoms with Crippen LogP contribution in [0.4, 0.5) is 0 Å². The van der Waals surface area contributed by atoms with Gasteiger partial charge in [-0.05, 0) is 30.9 Å². The van der Waals surface area contributed by atoms with Gasteiger partial charge in [-0.3, -0.25) is 0 Å². The molecule has 1 heterocycles. The van der Waals surface area contributed by atoms with Gasteiger partial charge in [0, 0.05) is 16.2 Å². The highest BCUT2D eigenvalue weighted by atomic mass is 32.1. The minimum Gasteiger partial charge on any atom is -0.393 e. The molecule has 16 heavy (non-hydrogen) atoms. The summed E-state index contributed by atoms with van der Waals surface area (Å²) in [4.78, 5) is 2.78. The van der Waals surface area contributed by atoms with Gasteiger partial charge >= 0.3 is 0 Å². The van der Waals surface area contributed by atoms with Crippen LogP contribution >= 0.6 is 11.3 Å². The Morgan fingerprint density at radius 1 is 1.31 bits per heavy atom. The Balaban J connectivity index is 1.79. The van der Waals surface area contributed by atoms with E-state index in [4.69, 9.17) is 0 Å². The van der Waals surface area contributed by atoms with Gasteiger partial charge in [0.2, 0.25) is 0 Å². The average molecular weight is 238 g/mol. The molecule has 2 heteroatoms. The average Bonchev–Trinajstić information content (AvgIpc) is 2.89. The number of hydrogen-bond donors (Lipinski definition) is 1. The van der Waals surface area contributed by atoms with Gasteiger partial charge in [-0.15, -0.1) is 11.3 Å². The molecule has 0 aliphatic heterocycles. The molecule has 0 bridgehead atoms. The maximum absolute atomic E-state index is 10.1. The molecule has 1 nitrogen and oxygen atoms in total. The number of aryl methyl sites for hydroxylation is 1. The molecule has 1 unspecified atom stereocenters. The molecule has 1 fully saturated rings. The fourth-order valence-corrected chi connectivity index (χ4v) is 3.70. The van der Waals surface area contributed by atoms with E-state index < -0.39 is 0 Å². The van der Waals surface area contributed by atoms with Gasteiger partial charge in [-0.2, -0.15) is 0 Å². The Labute approximate surface area is 103 Å². The molecule has 1 N–H and O–H groups in total. The molecule has 1 aromatic rings. The van der Waals surface area contributed by atoms with E-state index in [1.54, 1.807) is 0 Å². The van der Waals surface area contributed by atoms with Gasteiger partial charge in [0.1, 0.15) is 0 Å². The highest BCUT2D eigenvalue weighted by Crippen LogP contribution is 2.29. The smallest absolute Gasteiger partial charge is 0.0591 e. The fourth-order valence-electron chi connectivity index (χ4n) is 2.67. The van der Waals surface area contributed by atoms with Crippen LogP contribution in [0, 0.1) is 5.92 Å². The topological polar surface area (TPSA) is 20.2 Å². The third-order valence-electron chi connectivity index (χ3n) is 3.58. The Bertz CT molecular complexity index is 312. The van der Waals surface area contributed by atoms with Crippen LogP contribution in [-0.2, 0) is 12.8 Å². The van der Waals surface area contributed by atoms with Crippen LogP contribution in [0.3, 0.4) is 0 Å². The first-order valence-corrected chi connectivity index (χ1v) is 7.35. The van der Waals surface area contributed by atoms with E-state index in [2.05, 4.69) is 19.1 Å². The summed E-state index contributed by atoms with van der Waals surface area (Å²) in [5, 5.41) is 10.1. The second kappa shape index (κ2) is 5.83. The lowest BCUT2D eigenvalue weighted by Crippen LogP contribution is -2.14. The van der Waals surface area contributed by atoms with Gasteiger partial charge in [0.05, 0.1) is 6.10 Å². The summed E-state index contributed by atoms with van der Waals surface area (Å²) in [7, 11) is 0. The van der Waals surface area contributed by atoms with E-state index in [-0.39, 0.29) is 6.10 Å². The molecule has 1 aromatic heterocycles. The van der Waals surface area contributed by atoms with Crippen molar-refractivity contribution in [2.24, 2.45) is 5.92 Å². The van der Waals surface area contributed by atoms with Gasteiger partial charge in [-0.1, -0.05) is 32.6 Å². The molecule has 1 atom stereocenters.